The number of aliphatic hydroxyl groups is 1. The number of carbonyl (C=O) groups is 1. The molecule has 0 atom stereocenters. The molecule has 104 valence electrons. The number of hydrazine groups is 1. The van der Waals surface area contributed by atoms with Crippen LogP contribution in [0, 0.1) is 0 Å². The number of aromatic nitrogens is 1. The van der Waals surface area contributed by atoms with Gasteiger partial charge in [-0.05, 0) is 31.9 Å². The number of halogens is 1. The topological polar surface area (TPSA) is 91.5 Å². The monoisotopic (exact) mass is 284 g/mol. The summed E-state index contributed by atoms with van der Waals surface area (Å²) in [5.74, 6) is 5.42. The molecule has 2 heterocycles. The van der Waals surface area contributed by atoms with E-state index in [0.717, 1.165) is 0 Å². The molecule has 1 saturated heterocycles. The van der Waals surface area contributed by atoms with Gasteiger partial charge < -0.3 is 15.4 Å². The summed E-state index contributed by atoms with van der Waals surface area (Å²) in [5.41, 5.74) is 1.86. The number of hydrogen-bond acceptors (Lipinski definition) is 5. The molecule has 1 fully saturated rings. The Balaban J connectivity index is 2.16. The first kappa shape index (κ1) is 14.0. The first-order valence-electron chi connectivity index (χ1n) is 6.08. The number of rotatable bonds is 2. The van der Waals surface area contributed by atoms with Crippen molar-refractivity contribution < 1.29 is 9.90 Å². The van der Waals surface area contributed by atoms with E-state index in [4.69, 9.17) is 17.4 Å². The zero-order valence-electron chi connectivity index (χ0n) is 10.7. The van der Waals surface area contributed by atoms with Crippen LogP contribution >= 0.6 is 11.6 Å². The summed E-state index contributed by atoms with van der Waals surface area (Å²) < 4.78 is 0. The molecule has 0 saturated carbocycles. The highest BCUT2D eigenvalue weighted by atomic mass is 35.5. The fourth-order valence-corrected chi connectivity index (χ4v) is 2.20. The number of nitrogens with two attached hydrogens (primary N) is 1. The van der Waals surface area contributed by atoms with E-state index in [1.807, 2.05) is 0 Å². The highest BCUT2D eigenvalue weighted by molar-refractivity contribution is 6.33. The van der Waals surface area contributed by atoms with E-state index in [1.165, 1.54) is 0 Å². The van der Waals surface area contributed by atoms with Crippen LogP contribution in [0.3, 0.4) is 0 Å². The number of amides is 1. The van der Waals surface area contributed by atoms with Gasteiger partial charge in [0.05, 0.1) is 10.6 Å². The van der Waals surface area contributed by atoms with Crippen LogP contribution in [0.1, 0.15) is 30.3 Å². The predicted octanol–water partition coefficient (Wildman–Crippen LogP) is 1.01. The van der Waals surface area contributed by atoms with Crippen molar-refractivity contribution in [1.29, 1.82) is 0 Å². The molecule has 7 heteroatoms. The van der Waals surface area contributed by atoms with Crippen molar-refractivity contribution in [2.24, 2.45) is 5.84 Å². The van der Waals surface area contributed by atoms with Crippen molar-refractivity contribution in [2.45, 2.75) is 25.4 Å². The Kier molecular flexibility index (Phi) is 3.93. The molecule has 0 aromatic carbocycles. The average Bonchev–Trinajstić information content (AvgIpc) is 2.38. The molecule has 0 spiro atoms. The van der Waals surface area contributed by atoms with Crippen LogP contribution in [-0.4, -0.2) is 39.6 Å². The van der Waals surface area contributed by atoms with Crippen molar-refractivity contribution in [1.82, 2.24) is 9.88 Å². The van der Waals surface area contributed by atoms with E-state index >= 15 is 0 Å². The van der Waals surface area contributed by atoms with Gasteiger partial charge in [-0.1, -0.05) is 11.6 Å². The van der Waals surface area contributed by atoms with E-state index < -0.39 is 5.60 Å². The van der Waals surface area contributed by atoms with Crippen molar-refractivity contribution in [3.8, 4) is 0 Å². The van der Waals surface area contributed by atoms with Crippen molar-refractivity contribution >= 4 is 23.3 Å². The van der Waals surface area contributed by atoms with Crippen LogP contribution in [0.5, 0.6) is 0 Å². The number of piperidine rings is 1. The Morgan fingerprint density at radius 3 is 2.74 bits per heavy atom. The quantitative estimate of drug-likeness (QED) is 0.557. The molecule has 1 aliphatic heterocycles. The Morgan fingerprint density at radius 1 is 1.53 bits per heavy atom. The minimum atomic E-state index is -0.700. The standard InChI is InChI=1S/C12H17ClN4O2/c1-12(19)4-6-17(7-5-12)11(18)10-8(13)2-3-9(15-10)16-14/h2-3,19H,4-7,14H2,1H3,(H,15,16). The van der Waals surface area contributed by atoms with Gasteiger partial charge >= 0.3 is 0 Å². The smallest absolute Gasteiger partial charge is 0.274 e. The molecule has 4 N–H and O–H groups in total. The molecule has 6 nitrogen and oxygen atoms in total. The number of carbonyl (C=O) groups excluding carboxylic acids is 1. The van der Waals surface area contributed by atoms with Gasteiger partial charge in [0, 0.05) is 13.1 Å². The number of nitrogens with zero attached hydrogens (tertiary/aromatic N) is 2. The third kappa shape index (κ3) is 3.15. The number of nitrogens with one attached hydrogen (secondary N) is 1. The fourth-order valence-electron chi connectivity index (χ4n) is 2.01. The lowest BCUT2D eigenvalue weighted by atomic mass is 9.94. The summed E-state index contributed by atoms with van der Waals surface area (Å²) in [7, 11) is 0. The summed E-state index contributed by atoms with van der Waals surface area (Å²) in [5, 5.41) is 10.2. The minimum Gasteiger partial charge on any atom is -0.390 e. The third-order valence-corrected chi connectivity index (χ3v) is 3.63. The molecule has 1 amide bonds. The molecule has 1 aromatic rings. The number of anilines is 1. The molecule has 2 rings (SSSR count). The van der Waals surface area contributed by atoms with Gasteiger partial charge in [-0.15, -0.1) is 0 Å². The summed E-state index contributed by atoms with van der Waals surface area (Å²) in [4.78, 5) is 18.1. The highest BCUT2D eigenvalue weighted by Crippen LogP contribution is 2.24. The predicted molar refractivity (Wildman–Crippen MR) is 72.8 cm³/mol. The van der Waals surface area contributed by atoms with Crippen molar-refractivity contribution in [2.75, 3.05) is 18.5 Å². The molecular weight excluding hydrogens is 268 g/mol. The molecule has 1 aliphatic rings. The van der Waals surface area contributed by atoms with E-state index in [-0.39, 0.29) is 11.6 Å². The normalized spacial score (nSPS) is 18.2. The summed E-state index contributed by atoms with van der Waals surface area (Å²) >= 11 is 6.00. The van der Waals surface area contributed by atoms with Crippen LogP contribution < -0.4 is 11.3 Å². The summed E-state index contributed by atoms with van der Waals surface area (Å²) in [6.07, 6.45) is 1.09. The third-order valence-electron chi connectivity index (χ3n) is 3.32. The number of likely N-dealkylation sites (tertiary alicyclic amines) is 1. The molecule has 0 aliphatic carbocycles. The zero-order chi connectivity index (χ0) is 14.0. The lowest BCUT2D eigenvalue weighted by Gasteiger charge is -2.35. The van der Waals surface area contributed by atoms with Crippen LogP contribution in [0.4, 0.5) is 5.82 Å². The van der Waals surface area contributed by atoms with Crippen LogP contribution in [0.15, 0.2) is 12.1 Å². The van der Waals surface area contributed by atoms with E-state index in [0.29, 0.717) is 36.8 Å². The van der Waals surface area contributed by atoms with Crippen LogP contribution in [-0.2, 0) is 0 Å². The minimum absolute atomic E-state index is 0.179. The number of hydrogen-bond donors (Lipinski definition) is 3. The zero-order valence-corrected chi connectivity index (χ0v) is 11.4. The van der Waals surface area contributed by atoms with Gasteiger partial charge in [0.15, 0.2) is 0 Å². The lowest BCUT2D eigenvalue weighted by Crippen LogP contribution is -2.45. The van der Waals surface area contributed by atoms with Crippen LogP contribution in [0.2, 0.25) is 5.02 Å². The molecule has 0 radical (unpaired) electrons. The first-order valence-corrected chi connectivity index (χ1v) is 6.45. The summed E-state index contributed by atoms with van der Waals surface area (Å²) in [6.45, 7) is 2.76. The Bertz CT molecular complexity index is 483. The molecule has 0 bridgehead atoms. The lowest BCUT2D eigenvalue weighted by molar-refractivity contribution is -0.00218. The first-order chi connectivity index (χ1) is 8.93. The largest absolute Gasteiger partial charge is 0.390 e. The molecule has 0 unspecified atom stereocenters. The maximum atomic E-state index is 12.3. The van der Waals surface area contributed by atoms with E-state index in [2.05, 4.69) is 10.4 Å². The maximum Gasteiger partial charge on any atom is 0.274 e. The second-order valence-electron chi connectivity index (χ2n) is 4.96. The highest BCUT2D eigenvalue weighted by Gasteiger charge is 2.31. The Morgan fingerprint density at radius 2 is 2.16 bits per heavy atom. The van der Waals surface area contributed by atoms with Gasteiger partial charge in [-0.2, -0.15) is 0 Å². The second-order valence-corrected chi connectivity index (χ2v) is 5.37. The van der Waals surface area contributed by atoms with Crippen LogP contribution in [0.25, 0.3) is 0 Å². The number of nitrogen functional groups attached to an aromatic ring is 1. The van der Waals surface area contributed by atoms with Gasteiger partial charge in [-0.3, -0.25) is 4.79 Å². The molecular formula is C12H17ClN4O2. The van der Waals surface area contributed by atoms with Crippen molar-refractivity contribution in [3.63, 3.8) is 0 Å². The van der Waals surface area contributed by atoms with Gasteiger partial charge in [0.25, 0.3) is 5.91 Å². The number of pyridine rings is 1. The van der Waals surface area contributed by atoms with Gasteiger partial charge in [0.1, 0.15) is 11.5 Å². The van der Waals surface area contributed by atoms with E-state index in [9.17, 15) is 9.90 Å². The van der Waals surface area contributed by atoms with Gasteiger partial charge in [0.2, 0.25) is 0 Å². The fraction of sp³-hybridized carbons (Fsp3) is 0.500. The Hall–Kier alpha value is -1.37. The average molecular weight is 285 g/mol. The SMILES string of the molecule is CC1(O)CCN(C(=O)c2nc(NN)ccc2Cl)CC1. The van der Waals surface area contributed by atoms with E-state index in [1.54, 1.807) is 24.0 Å². The Labute approximate surface area is 116 Å². The maximum absolute atomic E-state index is 12.3. The molecule has 1 aromatic heterocycles. The summed E-state index contributed by atoms with van der Waals surface area (Å²) in [6, 6.07) is 3.18. The van der Waals surface area contributed by atoms with Gasteiger partial charge in [-0.25, -0.2) is 10.8 Å². The molecule has 19 heavy (non-hydrogen) atoms. The second kappa shape index (κ2) is 5.32. The van der Waals surface area contributed by atoms with Crippen molar-refractivity contribution in [3.05, 3.63) is 22.8 Å².